The summed E-state index contributed by atoms with van der Waals surface area (Å²) in [6, 6.07) is 7.23. The Kier molecular flexibility index (Phi) is 4.07. The maximum Gasteiger partial charge on any atom is 0.325 e. The first kappa shape index (κ1) is 13.8. The van der Waals surface area contributed by atoms with Crippen LogP contribution in [0.2, 0.25) is 0 Å². The third-order valence-corrected chi connectivity index (χ3v) is 3.16. The molecule has 1 aliphatic heterocycles. The zero-order valence-corrected chi connectivity index (χ0v) is 11.6. The quantitative estimate of drug-likeness (QED) is 0.603. The van der Waals surface area contributed by atoms with Gasteiger partial charge in [0.25, 0.3) is 0 Å². The van der Waals surface area contributed by atoms with Crippen LogP contribution < -0.4 is 4.74 Å². The van der Waals surface area contributed by atoms with Crippen LogP contribution in [0, 0.1) is 5.92 Å². The molecular weight excluding hydrogens is 246 g/mol. The molecule has 1 saturated heterocycles. The van der Waals surface area contributed by atoms with E-state index in [1.807, 2.05) is 38.1 Å². The van der Waals surface area contributed by atoms with Gasteiger partial charge in [-0.3, -0.25) is 9.63 Å². The summed E-state index contributed by atoms with van der Waals surface area (Å²) in [5, 5.41) is 1.68. The highest BCUT2D eigenvalue weighted by Gasteiger charge is 2.48. The molecule has 0 saturated carbocycles. The molecule has 1 fully saturated rings. The average molecular weight is 265 g/mol. The summed E-state index contributed by atoms with van der Waals surface area (Å²) in [4.78, 5) is 17.3. The molecular formula is C14H19NO4. The van der Waals surface area contributed by atoms with Gasteiger partial charge in [-0.05, 0) is 23.6 Å². The molecule has 0 aliphatic carbocycles. The van der Waals surface area contributed by atoms with Crippen molar-refractivity contribution in [2.75, 3.05) is 14.2 Å². The molecule has 5 nitrogen and oxygen atoms in total. The predicted molar refractivity (Wildman–Crippen MR) is 69.3 cm³/mol. The van der Waals surface area contributed by atoms with Crippen LogP contribution >= 0.6 is 0 Å². The summed E-state index contributed by atoms with van der Waals surface area (Å²) in [7, 11) is 3.02. The lowest BCUT2D eigenvalue weighted by atomic mass is 10.0. The van der Waals surface area contributed by atoms with Gasteiger partial charge in [0.05, 0.1) is 14.2 Å². The number of ether oxygens (including phenoxy) is 2. The number of methoxy groups -OCH3 is 2. The number of carbonyl (C=O) groups is 1. The summed E-state index contributed by atoms with van der Waals surface area (Å²) in [6.45, 7) is 3.93. The van der Waals surface area contributed by atoms with Crippen molar-refractivity contribution < 1.29 is 19.1 Å². The number of rotatable bonds is 5. The zero-order valence-electron chi connectivity index (χ0n) is 11.6. The van der Waals surface area contributed by atoms with Crippen molar-refractivity contribution in [1.82, 2.24) is 5.06 Å². The Labute approximate surface area is 113 Å². The van der Waals surface area contributed by atoms with Crippen LogP contribution in [-0.4, -0.2) is 31.3 Å². The lowest BCUT2D eigenvalue weighted by Crippen LogP contribution is -2.35. The van der Waals surface area contributed by atoms with Crippen LogP contribution in [0.1, 0.15) is 25.6 Å². The highest BCUT2D eigenvalue weighted by molar-refractivity contribution is 5.76. The SMILES string of the molecule is COC(=O)[C@H](C(C)C)N1O[C@H]1c1ccc(OC)cc1. The fraction of sp³-hybridized carbons (Fsp3) is 0.500. The van der Waals surface area contributed by atoms with Crippen LogP contribution in [0.4, 0.5) is 0 Å². The van der Waals surface area contributed by atoms with Crippen molar-refractivity contribution in [1.29, 1.82) is 0 Å². The van der Waals surface area contributed by atoms with Gasteiger partial charge in [-0.25, -0.2) is 0 Å². The van der Waals surface area contributed by atoms with E-state index in [2.05, 4.69) is 0 Å². The minimum absolute atomic E-state index is 0.121. The molecule has 0 radical (unpaired) electrons. The molecule has 5 heteroatoms. The zero-order chi connectivity index (χ0) is 14.0. The van der Waals surface area contributed by atoms with E-state index in [4.69, 9.17) is 14.3 Å². The second kappa shape index (κ2) is 5.59. The minimum atomic E-state index is -0.378. The summed E-state index contributed by atoms with van der Waals surface area (Å²) in [5.74, 6) is 0.644. The van der Waals surface area contributed by atoms with Crippen LogP contribution in [0.25, 0.3) is 0 Å². The van der Waals surface area contributed by atoms with Gasteiger partial charge in [-0.2, -0.15) is 0 Å². The molecule has 1 aliphatic rings. The Hall–Kier alpha value is -1.59. The van der Waals surface area contributed by atoms with Gasteiger partial charge in [-0.15, -0.1) is 5.06 Å². The Bertz CT molecular complexity index is 443. The summed E-state index contributed by atoms with van der Waals surface area (Å²) in [5.41, 5.74) is 0.996. The molecule has 1 unspecified atom stereocenters. The van der Waals surface area contributed by atoms with E-state index >= 15 is 0 Å². The summed E-state index contributed by atoms with van der Waals surface area (Å²) in [6.07, 6.45) is -0.183. The van der Waals surface area contributed by atoms with Crippen molar-refractivity contribution in [2.45, 2.75) is 26.1 Å². The third-order valence-electron chi connectivity index (χ3n) is 3.16. The minimum Gasteiger partial charge on any atom is -0.497 e. The molecule has 104 valence electrons. The van der Waals surface area contributed by atoms with Crippen molar-refractivity contribution in [2.24, 2.45) is 5.92 Å². The number of hydrogen-bond acceptors (Lipinski definition) is 5. The van der Waals surface area contributed by atoms with Gasteiger partial charge in [-0.1, -0.05) is 26.0 Å². The number of benzene rings is 1. The highest BCUT2D eigenvalue weighted by atomic mass is 16.8. The average Bonchev–Trinajstić information content (AvgIpc) is 3.18. The fourth-order valence-electron chi connectivity index (χ4n) is 2.07. The molecule has 1 aromatic carbocycles. The molecule has 3 atom stereocenters. The second-order valence-electron chi connectivity index (χ2n) is 4.80. The van der Waals surface area contributed by atoms with Gasteiger partial charge in [0.1, 0.15) is 11.8 Å². The molecule has 19 heavy (non-hydrogen) atoms. The van der Waals surface area contributed by atoms with E-state index in [-0.39, 0.29) is 24.2 Å². The smallest absolute Gasteiger partial charge is 0.325 e. The normalized spacial score (nSPS) is 23.0. The van der Waals surface area contributed by atoms with Gasteiger partial charge >= 0.3 is 5.97 Å². The maximum absolute atomic E-state index is 11.7. The van der Waals surface area contributed by atoms with Crippen molar-refractivity contribution >= 4 is 5.97 Å². The van der Waals surface area contributed by atoms with E-state index in [0.717, 1.165) is 11.3 Å². The Morgan fingerprint density at radius 1 is 1.26 bits per heavy atom. The van der Waals surface area contributed by atoms with E-state index in [1.54, 1.807) is 12.2 Å². The highest BCUT2D eigenvalue weighted by Crippen LogP contribution is 2.41. The standard InChI is InChI=1S/C14H19NO4/c1-9(2)12(14(16)18-4)15-13(19-15)10-5-7-11(17-3)8-6-10/h5-9,12-13H,1-4H3/t12-,13-,15?/m0/s1. The van der Waals surface area contributed by atoms with E-state index < -0.39 is 0 Å². The van der Waals surface area contributed by atoms with Gasteiger partial charge < -0.3 is 9.47 Å². The molecule has 0 aromatic heterocycles. The first-order valence-electron chi connectivity index (χ1n) is 6.25. The monoisotopic (exact) mass is 265 g/mol. The van der Waals surface area contributed by atoms with Crippen LogP contribution in [0.3, 0.4) is 0 Å². The lowest BCUT2D eigenvalue weighted by molar-refractivity contribution is -0.149. The number of esters is 1. The Morgan fingerprint density at radius 2 is 1.89 bits per heavy atom. The van der Waals surface area contributed by atoms with Crippen molar-refractivity contribution in [3.05, 3.63) is 29.8 Å². The number of hydroxylamine groups is 2. The van der Waals surface area contributed by atoms with Gasteiger partial charge in [0.15, 0.2) is 6.23 Å². The fourth-order valence-corrected chi connectivity index (χ4v) is 2.07. The summed E-state index contributed by atoms with van der Waals surface area (Å²) >= 11 is 0. The molecule has 1 aromatic rings. The predicted octanol–water partition coefficient (Wildman–Crippen LogP) is 2.14. The van der Waals surface area contributed by atoms with Crippen molar-refractivity contribution in [3.8, 4) is 5.75 Å². The third kappa shape index (κ3) is 2.88. The number of carbonyl (C=O) groups excluding carboxylic acids is 1. The van der Waals surface area contributed by atoms with Crippen molar-refractivity contribution in [3.63, 3.8) is 0 Å². The topological polar surface area (TPSA) is 51.1 Å². The molecule has 0 amide bonds. The Morgan fingerprint density at radius 3 is 2.37 bits per heavy atom. The van der Waals surface area contributed by atoms with E-state index in [1.165, 1.54) is 7.11 Å². The van der Waals surface area contributed by atoms with Crippen LogP contribution in [0.15, 0.2) is 24.3 Å². The lowest BCUT2D eigenvalue weighted by Gasteiger charge is -2.17. The number of hydrogen-bond donors (Lipinski definition) is 0. The Balaban J connectivity index is 2.07. The molecule has 2 rings (SSSR count). The first-order valence-corrected chi connectivity index (χ1v) is 6.25. The van der Waals surface area contributed by atoms with E-state index in [0.29, 0.717) is 0 Å². The summed E-state index contributed by atoms with van der Waals surface area (Å²) < 4.78 is 9.92. The number of nitrogens with zero attached hydrogens (tertiary/aromatic N) is 1. The molecule has 0 spiro atoms. The maximum atomic E-state index is 11.7. The van der Waals surface area contributed by atoms with Crippen LogP contribution in [-0.2, 0) is 14.4 Å². The molecule has 0 N–H and O–H groups in total. The molecule has 0 bridgehead atoms. The first-order chi connectivity index (χ1) is 9.08. The largest absolute Gasteiger partial charge is 0.497 e. The second-order valence-corrected chi connectivity index (χ2v) is 4.80. The van der Waals surface area contributed by atoms with Crippen LogP contribution in [0.5, 0.6) is 5.75 Å². The molecule has 1 heterocycles. The van der Waals surface area contributed by atoms with E-state index in [9.17, 15) is 4.79 Å². The van der Waals surface area contributed by atoms with Gasteiger partial charge in [0.2, 0.25) is 0 Å². The van der Waals surface area contributed by atoms with Gasteiger partial charge in [0, 0.05) is 0 Å².